The number of thioether (sulfide) groups is 1. The largest absolute Gasteiger partial charge is 0.307 e. The Morgan fingerprint density at radius 1 is 1.56 bits per heavy atom. The molecule has 4 N–H and O–H groups in total. The number of nitrogens with two attached hydrogens (primary N) is 1. The van der Waals surface area contributed by atoms with Crippen LogP contribution in [-0.2, 0) is 10.0 Å². The summed E-state index contributed by atoms with van der Waals surface area (Å²) in [6.45, 7) is 0. The summed E-state index contributed by atoms with van der Waals surface area (Å²) in [5.74, 6) is 7.19. The Bertz CT molecular complexity index is 531. The second-order valence-corrected chi connectivity index (χ2v) is 7.10. The molecule has 0 aliphatic carbocycles. The molecule has 1 atom stereocenters. The Morgan fingerprint density at radius 2 is 2.33 bits per heavy atom. The molecule has 0 spiro atoms. The summed E-state index contributed by atoms with van der Waals surface area (Å²) in [5, 5.41) is 0.168. The molecule has 0 radical (unpaired) electrons. The van der Waals surface area contributed by atoms with Crippen LogP contribution in [0, 0.1) is 0 Å². The number of halogens is 1. The van der Waals surface area contributed by atoms with Crippen molar-refractivity contribution < 1.29 is 8.42 Å². The van der Waals surface area contributed by atoms with Crippen LogP contribution < -0.4 is 16.0 Å². The molecule has 1 aliphatic rings. The molecule has 0 amide bonds. The van der Waals surface area contributed by atoms with Crippen molar-refractivity contribution in [2.75, 3.05) is 16.9 Å². The lowest BCUT2D eigenvalue weighted by Gasteiger charge is -2.12. The summed E-state index contributed by atoms with van der Waals surface area (Å²) >= 11 is 7.58. The van der Waals surface area contributed by atoms with Crippen LogP contribution >= 0.6 is 23.4 Å². The molecule has 2 rings (SSSR count). The van der Waals surface area contributed by atoms with Gasteiger partial charge < -0.3 is 5.43 Å². The van der Waals surface area contributed by atoms with Gasteiger partial charge in [0.1, 0.15) is 4.90 Å². The zero-order valence-electron chi connectivity index (χ0n) is 9.39. The van der Waals surface area contributed by atoms with E-state index in [-0.39, 0.29) is 21.8 Å². The van der Waals surface area contributed by atoms with Crippen LogP contribution in [0.1, 0.15) is 6.42 Å². The molecule has 1 aromatic rings. The highest BCUT2D eigenvalue weighted by Crippen LogP contribution is 2.23. The van der Waals surface area contributed by atoms with Crippen LogP contribution in [-0.4, -0.2) is 30.9 Å². The van der Waals surface area contributed by atoms with E-state index in [2.05, 4.69) is 15.1 Å². The fourth-order valence-corrected chi connectivity index (χ4v) is 4.37. The van der Waals surface area contributed by atoms with Gasteiger partial charge in [-0.15, -0.1) is 0 Å². The van der Waals surface area contributed by atoms with Gasteiger partial charge in [0, 0.05) is 18.0 Å². The lowest BCUT2D eigenvalue weighted by molar-refractivity contribution is 0.563. The summed E-state index contributed by atoms with van der Waals surface area (Å²) in [7, 11) is -3.57. The average molecular weight is 309 g/mol. The Morgan fingerprint density at radius 3 is 2.89 bits per heavy atom. The SMILES string of the molecule is NNc1ncc(S(=O)(=O)NC2CCSC2)cc1Cl. The van der Waals surface area contributed by atoms with Crippen LogP contribution in [0.2, 0.25) is 5.02 Å². The summed E-state index contributed by atoms with van der Waals surface area (Å²) in [4.78, 5) is 3.89. The average Bonchev–Trinajstić information content (AvgIpc) is 2.81. The fraction of sp³-hybridized carbons (Fsp3) is 0.444. The van der Waals surface area contributed by atoms with Crippen molar-refractivity contribution in [3.63, 3.8) is 0 Å². The molecule has 0 aromatic carbocycles. The predicted molar refractivity (Wildman–Crippen MR) is 73.1 cm³/mol. The molecule has 1 fully saturated rings. The first-order valence-corrected chi connectivity index (χ1v) is 8.27. The molecule has 0 saturated carbocycles. The maximum absolute atomic E-state index is 12.1. The molecule has 6 nitrogen and oxygen atoms in total. The number of sulfonamides is 1. The van der Waals surface area contributed by atoms with Gasteiger partial charge in [0.25, 0.3) is 0 Å². The van der Waals surface area contributed by atoms with Crippen molar-refractivity contribution in [1.29, 1.82) is 0 Å². The number of aromatic nitrogens is 1. The number of hydrazine groups is 1. The van der Waals surface area contributed by atoms with E-state index >= 15 is 0 Å². The monoisotopic (exact) mass is 308 g/mol. The second-order valence-electron chi connectivity index (χ2n) is 3.83. The van der Waals surface area contributed by atoms with Gasteiger partial charge >= 0.3 is 0 Å². The van der Waals surface area contributed by atoms with Gasteiger partial charge in [0.15, 0.2) is 5.82 Å². The van der Waals surface area contributed by atoms with E-state index in [4.69, 9.17) is 17.4 Å². The normalized spacial score (nSPS) is 20.0. The second kappa shape index (κ2) is 5.62. The summed E-state index contributed by atoms with van der Waals surface area (Å²) < 4.78 is 26.8. The Hall–Kier alpha value is -0.540. The third-order valence-electron chi connectivity index (χ3n) is 2.51. The Kier molecular flexibility index (Phi) is 4.33. The molecule has 0 bridgehead atoms. The van der Waals surface area contributed by atoms with E-state index in [1.165, 1.54) is 12.3 Å². The first kappa shape index (κ1) is 13.9. The van der Waals surface area contributed by atoms with E-state index in [9.17, 15) is 8.42 Å². The minimum atomic E-state index is -3.57. The van der Waals surface area contributed by atoms with Crippen LogP contribution in [0.25, 0.3) is 0 Å². The number of rotatable bonds is 4. The minimum Gasteiger partial charge on any atom is -0.307 e. The lowest BCUT2D eigenvalue weighted by Crippen LogP contribution is -2.34. The van der Waals surface area contributed by atoms with Gasteiger partial charge in [-0.1, -0.05) is 11.6 Å². The molecular formula is C9H13ClN4O2S2. The van der Waals surface area contributed by atoms with Crippen LogP contribution in [0.5, 0.6) is 0 Å². The van der Waals surface area contributed by atoms with Gasteiger partial charge in [0.05, 0.1) is 5.02 Å². The highest BCUT2D eigenvalue weighted by Gasteiger charge is 2.24. The van der Waals surface area contributed by atoms with Crippen molar-refractivity contribution in [3.8, 4) is 0 Å². The third-order valence-corrected chi connectivity index (χ3v) is 5.45. The van der Waals surface area contributed by atoms with E-state index in [0.717, 1.165) is 17.9 Å². The van der Waals surface area contributed by atoms with Gasteiger partial charge in [-0.2, -0.15) is 11.8 Å². The topological polar surface area (TPSA) is 97.1 Å². The smallest absolute Gasteiger partial charge is 0.242 e. The number of hydrogen-bond donors (Lipinski definition) is 3. The van der Waals surface area contributed by atoms with Crippen molar-refractivity contribution in [2.45, 2.75) is 17.4 Å². The standard InChI is InChI=1S/C9H13ClN4O2S2/c10-8-3-7(4-12-9(8)13-11)18(15,16)14-6-1-2-17-5-6/h3-4,6,14H,1-2,5,11H2,(H,12,13). The van der Waals surface area contributed by atoms with Crippen molar-refractivity contribution in [2.24, 2.45) is 5.84 Å². The maximum atomic E-state index is 12.1. The van der Waals surface area contributed by atoms with Gasteiger partial charge in [-0.3, -0.25) is 0 Å². The molecule has 9 heteroatoms. The van der Waals surface area contributed by atoms with Crippen molar-refractivity contribution >= 4 is 39.2 Å². The van der Waals surface area contributed by atoms with Gasteiger partial charge in [-0.25, -0.2) is 24.0 Å². The molecule has 100 valence electrons. The van der Waals surface area contributed by atoms with Crippen LogP contribution in [0.4, 0.5) is 5.82 Å². The Labute approximate surface area is 115 Å². The first-order chi connectivity index (χ1) is 8.53. The highest BCUT2D eigenvalue weighted by atomic mass is 35.5. The molecule has 1 saturated heterocycles. The van der Waals surface area contributed by atoms with Gasteiger partial charge in [-0.05, 0) is 18.2 Å². The number of hydrogen-bond acceptors (Lipinski definition) is 6. The van der Waals surface area contributed by atoms with Crippen LogP contribution in [0.3, 0.4) is 0 Å². The number of pyridine rings is 1. The molecule has 1 unspecified atom stereocenters. The quantitative estimate of drug-likeness (QED) is 0.562. The van der Waals surface area contributed by atoms with E-state index in [1.54, 1.807) is 11.8 Å². The van der Waals surface area contributed by atoms with E-state index in [1.807, 2.05) is 0 Å². The van der Waals surface area contributed by atoms with E-state index < -0.39 is 10.0 Å². The maximum Gasteiger partial charge on any atom is 0.242 e. The molecule has 1 aromatic heterocycles. The van der Waals surface area contributed by atoms with Crippen LogP contribution in [0.15, 0.2) is 17.2 Å². The predicted octanol–water partition coefficient (Wildman–Crippen LogP) is 0.804. The Balaban J connectivity index is 2.21. The summed E-state index contributed by atoms with van der Waals surface area (Å²) in [6, 6.07) is 1.31. The zero-order chi connectivity index (χ0) is 13.2. The zero-order valence-corrected chi connectivity index (χ0v) is 11.8. The number of anilines is 1. The summed E-state index contributed by atoms with van der Waals surface area (Å²) in [6.07, 6.45) is 2.07. The summed E-state index contributed by atoms with van der Waals surface area (Å²) in [5.41, 5.74) is 2.29. The van der Waals surface area contributed by atoms with E-state index in [0.29, 0.717) is 0 Å². The molecular weight excluding hydrogens is 296 g/mol. The first-order valence-electron chi connectivity index (χ1n) is 5.25. The van der Waals surface area contributed by atoms with Gasteiger partial charge in [0.2, 0.25) is 10.0 Å². The lowest BCUT2D eigenvalue weighted by atomic mass is 10.3. The van der Waals surface area contributed by atoms with Crippen molar-refractivity contribution in [3.05, 3.63) is 17.3 Å². The molecule has 18 heavy (non-hydrogen) atoms. The molecule has 2 heterocycles. The number of nitrogens with one attached hydrogen (secondary N) is 2. The highest BCUT2D eigenvalue weighted by molar-refractivity contribution is 7.99. The minimum absolute atomic E-state index is 0.0221. The third kappa shape index (κ3) is 3.07. The number of nitrogens with zero attached hydrogens (tertiary/aromatic N) is 1. The molecule has 1 aliphatic heterocycles. The number of nitrogen functional groups attached to an aromatic ring is 1. The van der Waals surface area contributed by atoms with Crippen molar-refractivity contribution in [1.82, 2.24) is 9.71 Å². The fourth-order valence-electron chi connectivity index (χ4n) is 1.59.